The first-order valence-corrected chi connectivity index (χ1v) is 11.8. The van der Waals surface area contributed by atoms with Crippen LogP contribution in [0.3, 0.4) is 0 Å². The summed E-state index contributed by atoms with van der Waals surface area (Å²) in [5.41, 5.74) is -0.434. The monoisotopic (exact) mass is 554 g/mol. The lowest BCUT2D eigenvalue weighted by atomic mass is 10.1. The molecular weight excluding hydrogens is 536 g/mol. The number of non-ortho nitro benzene ring substituents is 1. The maximum Gasteiger partial charge on any atom is 0.417 e. The van der Waals surface area contributed by atoms with Crippen molar-refractivity contribution in [3.8, 4) is 11.6 Å². The largest absolute Gasteiger partial charge is 0.435 e. The molecule has 0 radical (unpaired) electrons. The molecule has 2 heterocycles. The highest BCUT2D eigenvalue weighted by atomic mass is 35.5. The summed E-state index contributed by atoms with van der Waals surface area (Å²) in [6.07, 6.45) is -1.09. The number of rotatable bonds is 6. The van der Waals surface area contributed by atoms with Gasteiger partial charge in [0.1, 0.15) is 5.02 Å². The normalized spacial score (nSPS) is 13.8. The number of aromatic nitrogens is 1. The predicted molar refractivity (Wildman–Crippen MR) is 133 cm³/mol. The van der Waals surface area contributed by atoms with E-state index >= 15 is 0 Å². The maximum absolute atomic E-state index is 13.0. The quantitative estimate of drug-likeness (QED) is 0.252. The number of halogens is 5. The van der Waals surface area contributed by atoms with E-state index in [2.05, 4.69) is 10.3 Å². The molecule has 4 rings (SSSR count). The number of alkyl halides is 3. The van der Waals surface area contributed by atoms with Gasteiger partial charge in [-0.05, 0) is 49.6 Å². The van der Waals surface area contributed by atoms with Gasteiger partial charge >= 0.3 is 6.18 Å². The van der Waals surface area contributed by atoms with Gasteiger partial charge in [-0.25, -0.2) is 4.98 Å². The van der Waals surface area contributed by atoms with E-state index in [4.69, 9.17) is 27.9 Å². The summed E-state index contributed by atoms with van der Waals surface area (Å²) in [6, 6.07) is 8.97. The molecule has 1 aromatic heterocycles. The number of nitrogens with zero attached hydrogens (tertiary/aromatic N) is 3. The van der Waals surface area contributed by atoms with Gasteiger partial charge in [0.25, 0.3) is 11.6 Å². The molecule has 0 atom stereocenters. The second-order valence-electron chi connectivity index (χ2n) is 8.22. The van der Waals surface area contributed by atoms with Crippen LogP contribution in [0.2, 0.25) is 10.0 Å². The van der Waals surface area contributed by atoms with Crippen LogP contribution < -0.4 is 15.0 Å². The van der Waals surface area contributed by atoms with Crippen molar-refractivity contribution in [2.45, 2.75) is 25.4 Å². The number of carbonyl (C=O) groups excluding carboxylic acids is 1. The Morgan fingerprint density at radius 2 is 1.78 bits per heavy atom. The zero-order chi connectivity index (χ0) is 26.7. The van der Waals surface area contributed by atoms with Gasteiger partial charge in [0.2, 0.25) is 5.88 Å². The standard InChI is InChI=1S/C24H19Cl2F3N4O4/c25-18-6-5-16(33(35)36)12-17(18)22(34)31-15-4-7-21(20(11-15)32-8-2-1-3-9-32)37-23-19(26)10-14(13-30-23)24(27,28)29/h4-7,10-13H,1-3,8-9H2,(H,31,34). The van der Waals surface area contributed by atoms with E-state index in [-0.39, 0.29) is 32.9 Å². The van der Waals surface area contributed by atoms with Gasteiger partial charge in [-0.15, -0.1) is 0 Å². The third-order valence-corrected chi connectivity index (χ3v) is 6.26. The van der Waals surface area contributed by atoms with Gasteiger partial charge in [-0.1, -0.05) is 23.2 Å². The topological polar surface area (TPSA) is 97.6 Å². The number of nitro groups is 1. The summed E-state index contributed by atoms with van der Waals surface area (Å²) < 4.78 is 44.7. The molecule has 1 saturated heterocycles. The van der Waals surface area contributed by atoms with Gasteiger partial charge in [0.15, 0.2) is 5.75 Å². The molecule has 1 fully saturated rings. The highest BCUT2D eigenvalue weighted by Gasteiger charge is 2.32. The highest BCUT2D eigenvalue weighted by molar-refractivity contribution is 6.34. The lowest BCUT2D eigenvalue weighted by Gasteiger charge is -2.30. The first kappa shape index (κ1) is 26.5. The fraction of sp³-hybridized carbons (Fsp3) is 0.250. The minimum absolute atomic E-state index is 0.0438. The van der Waals surface area contributed by atoms with Crippen molar-refractivity contribution in [3.05, 3.63) is 79.9 Å². The zero-order valence-electron chi connectivity index (χ0n) is 19.0. The number of hydrogen-bond donors (Lipinski definition) is 1. The van der Waals surface area contributed by atoms with Gasteiger partial charge in [-0.2, -0.15) is 13.2 Å². The van der Waals surface area contributed by atoms with Crippen molar-refractivity contribution in [1.82, 2.24) is 4.98 Å². The zero-order valence-corrected chi connectivity index (χ0v) is 20.5. The van der Waals surface area contributed by atoms with E-state index in [1.165, 1.54) is 24.3 Å². The average molecular weight is 555 g/mol. The Bertz CT molecular complexity index is 1350. The summed E-state index contributed by atoms with van der Waals surface area (Å²) in [6.45, 7) is 1.39. The molecule has 37 heavy (non-hydrogen) atoms. The molecule has 0 unspecified atom stereocenters. The molecule has 3 aromatic rings. The van der Waals surface area contributed by atoms with Crippen LogP contribution in [0.25, 0.3) is 0 Å². The number of anilines is 2. The Morgan fingerprint density at radius 1 is 1.05 bits per heavy atom. The van der Waals surface area contributed by atoms with Crippen LogP contribution in [-0.2, 0) is 6.18 Å². The molecule has 1 aliphatic rings. The number of nitrogens with one attached hydrogen (secondary N) is 1. The second-order valence-corrected chi connectivity index (χ2v) is 9.03. The van der Waals surface area contributed by atoms with Crippen LogP contribution in [0.4, 0.5) is 30.2 Å². The molecule has 13 heteroatoms. The van der Waals surface area contributed by atoms with E-state index in [1.54, 1.807) is 6.07 Å². The third-order valence-electron chi connectivity index (χ3n) is 5.66. The Labute approximate surface area is 219 Å². The van der Waals surface area contributed by atoms with Gasteiger partial charge in [0.05, 0.1) is 26.8 Å². The maximum atomic E-state index is 13.0. The number of pyridine rings is 1. The van der Waals surface area contributed by atoms with Crippen LogP contribution in [0, 0.1) is 10.1 Å². The number of hydrogen-bond acceptors (Lipinski definition) is 6. The van der Waals surface area contributed by atoms with Gasteiger partial charge in [-0.3, -0.25) is 14.9 Å². The first-order chi connectivity index (χ1) is 17.5. The number of ether oxygens (including phenoxy) is 1. The molecule has 1 amide bonds. The predicted octanol–water partition coefficient (Wildman–Crippen LogP) is 7.35. The smallest absolute Gasteiger partial charge is 0.417 e. The van der Waals surface area contributed by atoms with Gasteiger partial charge in [0, 0.05) is 37.1 Å². The van der Waals surface area contributed by atoms with Crippen molar-refractivity contribution >= 4 is 46.2 Å². The summed E-state index contributed by atoms with van der Waals surface area (Å²) in [5, 5.41) is 13.5. The van der Waals surface area contributed by atoms with Crippen molar-refractivity contribution in [2.24, 2.45) is 0 Å². The molecule has 1 aliphatic heterocycles. The van der Waals surface area contributed by atoms with Crippen molar-refractivity contribution in [1.29, 1.82) is 0 Å². The van der Waals surface area contributed by atoms with E-state index in [0.29, 0.717) is 30.7 Å². The van der Waals surface area contributed by atoms with E-state index in [9.17, 15) is 28.1 Å². The Hall–Kier alpha value is -3.57. The fourth-order valence-corrected chi connectivity index (χ4v) is 4.23. The van der Waals surface area contributed by atoms with Crippen LogP contribution in [0.15, 0.2) is 48.7 Å². The lowest BCUT2D eigenvalue weighted by molar-refractivity contribution is -0.384. The SMILES string of the molecule is O=C(Nc1ccc(Oc2ncc(C(F)(F)F)cc2Cl)c(N2CCCCC2)c1)c1cc([N+](=O)[O-])ccc1Cl. The molecular formula is C24H19Cl2F3N4O4. The molecule has 0 bridgehead atoms. The van der Waals surface area contributed by atoms with Crippen LogP contribution in [-0.4, -0.2) is 28.9 Å². The van der Waals surface area contributed by atoms with E-state index in [1.807, 2.05) is 4.90 Å². The number of carbonyl (C=O) groups is 1. The molecule has 0 aliphatic carbocycles. The molecule has 1 N–H and O–H groups in total. The Kier molecular flexibility index (Phi) is 7.74. The first-order valence-electron chi connectivity index (χ1n) is 11.1. The fourth-order valence-electron chi connectivity index (χ4n) is 3.82. The summed E-state index contributed by atoms with van der Waals surface area (Å²) in [4.78, 5) is 29.1. The minimum Gasteiger partial charge on any atom is -0.435 e. The van der Waals surface area contributed by atoms with Crippen LogP contribution in [0.5, 0.6) is 11.6 Å². The number of nitro benzene ring substituents is 1. The number of piperidine rings is 1. The molecule has 0 saturated carbocycles. The molecule has 8 nitrogen and oxygen atoms in total. The molecule has 0 spiro atoms. The average Bonchev–Trinajstić information content (AvgIpc) is 2.86. The van der Waals surface area contributed by atoms with Crippen molar-refractivity contribution in [2.75, 3.05) is 23.3 Å². The Morgan fingerprint density at radius 3 is 2.43 bits per heavy atom. The number of benzene rings is 2. The molecule has 2 aromatic carbocycles. The highest BCUT2D eigenvalue weighted by Crippen LogP contribution is 2.39. The lowest BCUT2D eigenvalue weighted by Crippen LogP contribution is -2.29. The van der Waals surface area contributed by atoms with Gasteiger partial charge < -0.3 is 15.0 Å². The van der Waals surface area contributed by atoms with Crippen molar-refractivity contribution in [3.63, 3.8) is 0 Å². The second kappa shape index (κ2) is 10.8. The van der Waals surface area contributed by atoms with Crippen LogP contribution in [0.1, 0.15) is 35.2 Å². The Balaban J connectivity index is 1.64. The summed E-state index contributed by atoms with van der Waals surface area (Å²) >= 11 is 12.1. The number of amides is 1. The third kappa shape index (κ3) is 6.23. The summed E-state index contributed by atoms with van der Waals surface area (Å²) in [7, 11) is 0. The van der Waals surface area contributed by atoms with Crippen molar-refractivity contribution < 1.29 is 27.6 Å². The van der Waals surface area contributed by atoms with E-state index in [0.717, 1.165) is 31.4 Å². The molecule has 194 valence electrons. The van der Waals surface area contributed by atoms with E-state index < -0.39 is 22.6 Å². The summed E-state index contributed by atoms with van der Waals surface area (Å²) in [5.74, 6) is -0.574. The minimum atomic E-state index is -4.60. The van der Waals surface area contributed by atoms with Crippen LogP contribution >= 0.6 is 23.2 Å².